The van der Waals surface area contributed by atoms with Crippen molar-refractivity contribution in [2.45, 2.75) is 213 Å². The fourth-order valence-corrected chi connectivity index (χ4v) is 7.93. The molecule has 410 valence electrons. The lowest BCUT2D eigenvalue weighted by Gasteiger charge is -2.24. The number of hydrogen-bond donors (Lipinski definition) is 1. The maximum atomic E-state index is 12.8. The second kappa shape index (κ2) is 52.3. The van der Waals surface area contributed by atoms with Crippen molar-refractivity contribution in [1.29, 1.82) is 0 Å². The van der Waals surface area contributed by atoms with E-state index in [0.717, 1.165) is 128 Å². The molecule has 1 N–H and O–H groups in total. The molecule has 0 saturated heterocycles. The molecule has 0 saturated carbocycles. The van der Waals surface area contributed by atoms with Crippen molar-refractivity contribution in [3.05, 3.63) is 122 Å². The fraction of sp³-hybridized carbons (Fsp3) is 0.645. The van der Waals surface area contributed by atoms with Gasteiger partial charge >= 0.3 is 19.8 Å². The van der Waals surface area contributed by atoms with Crippen molar-refractivity contribution in [2.24, 2.45) is 0 Å². The average Bonchev–Trinajstić information content (AvgIpc) is 3.34. The van der Waals surface area contributed by atoms with Gasteiger partial charge in [-0.1, -0.05) is 212 Å². The topological polar surface area (TPSA) is 108 Å². The molecule has 10 heteroatoms. The van der Waals surface area contributed by atoms with E-state index in [1.807, 2.05) is 21.1 Å². The first-order valence-electron chi connectivity index (χ1n) is 28.3. The summed E-state index contributed by atoms with van der Waals surface area (Å²) in [5, 5.41) is 0. The molecule has 0 heterocycles. The molecule has 9 nitrogen and oxygen atoms in total. The van der Waals surface area contributed by atoms with Crippen molar-refractivity contribution in [2.75, 3.05) is 47.5 Å². The van der Waals surface area contributed by atoms with Gasteiger partial charge in [0.2, 0.25) is 0 Å². The maximum absolute atomic E-state index is 12.8. The van der Waals surface area contributed by atoms with Crippen molar-refractivity contribution < 1.29 is 42.1 Å². The molecule has 0 fully saturated rings. The van der Waals surface area contributed by atoms with Crippen LogP contribution in [0, 0.1) is 0 Å². The number of carbonyl (C=O) groups is 2. The van der Waals surface area contributed by atoms with Gasteiger partial charge in [-0.25, -0.2) is 4.57 Å². The van der Waals surface area contributed by atoms with E-state index < -0.39 is 26.5 Å². The first-order chi connectivity index (χ1) is 35.0. The third-order valence-electron chi connectivity index (χ3n) is 11.5. The Morgan fingerprint density at radius 3 is 1.11 bits per heavy atom. The second-order valence-electron chi connectivity index (χ2n) is 19.6. The number of unbranched alkanes of at least 4 members (excludes halogenated alkanes) is 16. The summed E-state index contributed by atoms with van der Waals surface area (Å²) in [5.74, 6) is -0.827. The largest absolute Gasteiger partial charge is 0.472 e. The molecule has 0 bridgehead atoms. The lowest BCUT2D eigenvalue weighted by Crippen LogP contribution is -2.37. The van der Waals surface area contributed by atoms with Gasteiger partial charge in [0, 0.05) is 12.8 Å². The van der Waals surface area contributed by atoms with Gasteiger partial charge in [-0.2, -0.15) is 0 Å². The van der Waals surface area contributed by atoms with Crippen LogP contribution >= 0.6 is 7.82 Å². The van der Waals surface area contributed by atoms with Crippen molar-refractivity contribution >= 4 is 19.8 Å². The van der Waals surface area contributed by atoms with E-state index >= 15 is 0 Å². The zero-order chi connectivity index (χ0) is 52.7. The Morgan fingerprint density at radius 2 is 0.750 bits per heavy atom. The highest BCUT2D eigenvalue weighted by Gasteiger charge is 2.27. The van der Waals surface area contributed by atoms with Crippen LogP contribution in [0.4, 0.5) is 0 Å². The SMILES string of the molecule is CC/C=C\C/C=C\C/C=C\C/C=C\C/C=C\C/C=C\CCCCCCCCCCCCC(=O)OC(COC(=O)CCCCCCCC/C=C\C/C=C\C/C=C\C/C=C\CC)COP(=O)(O)OCC[N+](C)(C)C. The Kier molecular flexibility index (Phi) is 49.7. The summed E-state index contributed by atoms with van der Waals surface area (Å²) in [6, 6.07) is 0. The molecule has 0 aliphatic heterocycles. The second-order valence-corrected chi connectivity index (χ2v) is 21.0. The molecule has 0 aromatic rings. The highest BCUT2D eigenvalue weighted by Crippen LogP contribution is 2.43. The first-order valence-corrected chi connectivity index (χ1v) is 29.8. The van der Waals surface area contributed by atoms with Gasteiger partial charge in [0.25, 0.3) is 0 Å². The van der Waals surface area contributed by atoms with Gasteiger partial charge in [-0.3, -0.25) is 18.6 Å². The van der Waals surface area contributed by atoms with Gasteiger partial charge in [-0.05, 0) is 103 Å². The number of nitrogens with zero attached hydrogens (tertiary/aromatic N) is 1. The Bertz CT molecular complexity index is 1630. The molecule has 2 atom stereocenters. The highest BCUT2D eigenvalue weighted by molar-refractivity contribution is 7.47. The van der Waals surface area contributed by atoms with Crippen LogP contribution in [0.2, 0.25) is 0 Å². The molecule has 0 spiro atoms. The number of quaternary nitrogens is 1. The van der Waals surface area contributed by atoms with Crippen LogP contribution in [-0.4, -0.2) is 74.9 Å². The molecular weight excluding hydrogens is 918 g/mol. The van der Waals surface area contributed by atoms with Crippen LogP contribution < -0.4 is 0 Å². The van der Waals surface area contributed by atoms with Crippen LogP contribution in [0.15, 0.2) is 122 Å². The zero-order valence-corrected chi connectivity index (χ0v) is 47.3. The van der Waals surface area contributed by atoms with Crippen LogP contribution in [0.5, 0.6) is 0 Å². The Morgan fingerprint density at radius 1 is 0.431 bits per heavy atom. The number of likely N-dealkylation sites (N-methyl/N-ethyl adjacent to an activating group) is 1. The lowest BCUT2D eigenvalue weighted by atomic mass is 10.0. The van der Waals surface area contributed by atoms with E-state index in [1.165, 1.54) is 38.5 Å². The normalized spacial score (nSPS) is 14.2. The number of carbonyl (C=O) groups excluding carboxylic acids is 2. The predicted octanol–water partition coefficient (Wildman–Crippen LogP) is 17.6. The molecule has 0 amide bonds. The third kappa shape index (κ3) is 55.7. The van der Waals surface area contributed by atoms with Crippen molar-refractivity contribution in [1.82, 2.24) is 0 Å². The molecule has 0 rings (SSSR count). The maximum Gasteiger partial charge on any atom is 0.472 e. The van der Waals surface area contributed by atoms with Crippen molar-refractivity contribution in [3.8, 4) is 0 Å². The number of esters is 2. The van der Waals surface area contributed by atoms with E-state index in [4.69, 9.17) is 18.5 Å². The average molecular weight is 1020 g/mol. The summed E-state index contributed by atoms with van der Waals surface area (Å²) in [6.07, 6.45) is 74.0. The smallest absolute Gasteiger partial charge is 0.462 e. The minimum absolute atomic E-state index is 0.0216. The highest BCUT2D eigenvalue weighted by atomic mass is 31.2. The van der Waals surface area contributed by atoms with Gasteiger partial charge in [0.05, 0.1) is 27.7 Å². The summed E-state index contributed by atoms with van der Waals surface area (Å²) >= 11 is 0. The molecule has 0 aromatic heterocycles. The first kappa shape index (κ1) is 68.4. The lowest BCUT2D eigenvalue weighted by molar-refractivity contribution is -0.870. The summed E-state index contributed by atoms with van der Waals surface area (Å²) < 4.78 is 34.5. The molecule has 2 unspecified atom stereocenters. The van der Waals surface area contributed by atoms with Gasteiger partial charge < -0.3 is 18.9 Å². The Balaban J connectivity index is 4.23. The molecule has 72 heavy (non-hydrogen) atoms. The third-order valence-corrected chi connectivity index (χ3v) is 12.5. The van der Waals surface area contributed by atoms with Crippen LogP contribution in [0.25, 0.3) is 0 Å². The molecule has 0 radical (unpaired) electrons. The van der Waals surface area contributed by atoms with Crippen molar-refractivity contribution in [3.63, 3.8) is 0 Å². The van der Waals surface area contributed by atoms with Gasteiger partial charge in [0.1, 0.15) is 19.8 Å². The number of allylic oxidation sites excluding steroid dienone is 20. The van der Waals surface area contributed by atoms with Crippen LogP contribution in [0.3, 0.4) is 0 Å². The summed E-state index contributed by atoms with van der Waals surface area (Å²) in [5.41, 5.74) is 0. The quantitative estimate of drug-likeness (QED) is 0.0211. The van der Waals surface area contributed by atoms with E-state index in [2.05, 4.69) is 135 Å². The number of rotatable bonds is 50. The zero-order valence-electron chi connectivity index (χ0n) is 46.4. The molecule has 0 aliphatic carbocycles. The number of ether oxygens (including phenoxy) is 2. The van der Waals surface area contributed by atoms with E-state index in [9.17, 15) is 19.0 Å². The predicted molar refractivity (Wildman–Crippen MR) is 307 cm³/mol. The standard InChI is InChI=1S/C62H104NO8P/c1-6-8-10-12-14-16-18-20-22-24-26-27-28-29-30-31-32-33-34-35-37-39-41-43-45-47-49-51-53-55-62(65)71-60(59-70-72(66,67)69-57-56-63(3,4)5)58-68-61(64)54-52-50-48-46-44-42-40-38-36-25-23-21-19-17-15-13-11-9-7-2/h8-11,14-17,20-23,26-27,29-30,32-33,36,38,60H,6-7,12-13,18-19,24-25,28,31,34-35,37,39-59H2,1-5H3/p+1/b10-8-,11-9-,16-14-,17-15-,22-20-,23-21-,27-26-,30-29-,33-32-,38-36-. The monoisotopic (exact) mass is 1020 g/mol. The minimum atomic E-state index is -4.40. The van der Waals surface area contributed by atoms with E-state index in [0.29, 0.717) is 23.9 Å². The van der Waals surface area contributed by atoms with E-state index in [1.54, 1.807) is 0 Å². The number of hydrogen-bond acceptors (Lipinski definition) is 7. The van der Waals surface area contributed by atoms with E-state index in [-0.39, 0.29) is 32.0 Å². The number of phosphoric acid groups is 1. The van der Waals surface area contributed by atoms with Crippen LogP contribution in [-0.2, 0) is 32.7 Å². The number of phosphoric ester groups is 1. The minimum Gasteiger partial charge on any atom is -0.462 e. The molecule has 0 aromatic carbocycles. The summed E-state index contributed by atoms with van der Waals surface area (Å²) in [7, 11) is 1.45. The van der Waals surface area contributed by atoms with Gasteiger partial charge in [-0.15, -0.1) is 0 Å². The molecular formula is C62H105NO8P+. The fourth-order valence-electron chi connectivity index (χ4n) is 7.19. The van der Waals surface area contributed by atoms with Crippen LogP contribution in [0.1, 0.15) is 206 Å². The van der Waals surface area contributed by atoms with Gasteiger partial charge in [0.15, 0.2) is 6.10 Å². The Hall–Kier alpha value is -3.59. The molecule has 0 aliphatic rings. The Labute approximate surface area is 441 Å². The summed E-state index contributed by atoms with van der Waals surface area (Å²) in [4.78, 5) is 35.7. The summed E-state index contributed by atoms with van der Waals surface area (Å²) in [6.45, 7) is 4.17.